The predicted molar refractivity (Wildman–Crippen MR) is 82.1 cm³/mol. The highest BCUT2D eigenvalue weighted by atomic mass is 35.5. The van der Waals surface area contributed by atoms with Gasteiger partial charge in [-0.1, -0.05) is 41.9 Å². The SMILES string of the molecule is O=C(CC(=O)c1ccccc1)Nc1ccc(Cl)cc1[N+](=O)[O-]. The lowest BCUT2D eigenvalue weighted by Crippen LogP contribution is -2.17. The van der Waals surface area contributed by atoms with Crippen LogP contribution in [0.1, 0.15) is 16.8 Å². The minimum absolute atomic E-state index is 0.000242. The smallest absolute Gasteiger partial charge is 0.294 e. The summed E-state index contributed by atoms with van der Waals surface area (Å²) in [6.45, 7) is 0. The van der Waals surface area contributed by atoms with Crippen molar-refractivity contribution in [3.8, 4) is 0 Å². The molecule has 2 aromatic rings. The van der Waals surface area contributed by atoms with Gasteiger partial charge in [-0.3, -0.25) is 19.7 Å². The first kappa shape index (κ1) is 15.7. The van der Waals surface area contributed by atoms with Gasteiger partial charge in [-0.2, -0.15) is 0 Å². The third kappa shape index (κ3) is 3.89. The molecule has 1 N–H and O–H groups in total. The number of carbonyl (C=O) groups excluding carboxylic acids is 2. The quantitative estimate of drug-likeness (QED) is 0.395. The largest absolute Gasteiger partial charge is 0.320 e. The van der Waals surface area contributed by atoms with Crippen LogP contribution in [-0.2, 0) is 4.79 Å². The number of benzene rings is 2. The van der Waals surface area contributed by atoms with Gasteiger partial charge in [0, 0.05) is 16.7 Å². The molecule has 2 rings (SSSR count). The van der Waals surface area contributed by atoms with Crippen molar-refractivity contribution >= 4 is 34.7 Å². The highest BCUT2D eigenvalue weighted by Gasteiger charge is 2.18. The standard InChI is InChI=1S/C15H11ClN2O4/c16-11-6-7-12(13(8-11)18(21)22)17-15(20)9-14(19)10-4-2-1-3-5-10/h1-8H,9H2,(H,17,20). The number of nitrogens with zero attached hydrogens (tertiary/aromatic N) is 1. The number of halogens is 1. The van der Waals surface area contributed by atoms with E-state index in [1.54, 1.807) is 30.3 Å². The number of carbonyl (C=O) groups is 2. The van der Waals surface area contributed by atoms with Gasteiger partial charge in [0.2, 0.25) is 5.91 Å². The monoisotopic (exact) mass is 318 g/mol. The minimum Gasteiger partial charge on any atom is -0.320 e. The lowest BCUT2D eigenvalue weighted by Gasteiger charge is -2.06. The molecule has 0 aliphatic carbocycles. The Balaban J connectivity index is 2.10. The fraction of sp³-hybridized carbons (Fsp3) is 0.0667. The Hall–Kier alpha value is -2.73. The Morgan fingerprint density at radius 2 is 1.82 bits per heavy atom. The average Bonchev–Trinajstić information content (AvgIpc) is 2.49. The molecule has 1 amide bonds. The van der Waals surface area contributed by atoms with E-state index in [0.717, 1.165) is 6.07 Å². The van der Waals surface area contributed by atoms with Gasteiger partial charge in [0.1, 0.15) is 5.69 Å². The van der Waals surface area contributed by atoms with Crippen LogP contribution in [0.25, 0.3) is 0 Å². The predicted octanol–water partition coefficient (Wildman–Crippen LogP) is 3.46. The number of rotatable bonds is 5. The normalized spacial score (nSPS) is 10.0. The number of nitrogens with one attached hydrogen (secondary N) is 1. The summed E-state index contributed by atoms with van der Waals surface area (Å²) in [5, 5.41) is 13.5. The van der Waals surface area contributed by atoms with Crippen molar-refractivity contribution in [3.63, 3.8) is 0 Å². The molecule has 2 aromatic carbocycles. The zero-order valence-electron chi connectivity index (χ0n) is 11.3. The van der Waals surface area contributed by atoms with Crippen LogP contribution < -0.4 is 5.32 Å². The molecule has 7 heteroatoms. The molecule has 0 spiro atoms. The Labute approximate surface area is 130 Å². The van der Waals surface area contributed by atoms with E-state index in [9.17, 15) is 19.7 Å². The van der Waals surface area contributed by atoms with Crippen molar-refractivity contribution in [1.82, 2.24) is 0 Å². The van der Waals surface area contributed by atoms with E-state index in [0.29, 0.717) is 5.56 Å². The molecule has 0 atom stereocenters. The van der Waals surface area contributed by atoms with Crippen molar-refractivity contribution < 1.29 is 14.5 Å². The summed E-state index contributed by atoms with van der Waals surface area (Å²) in [5.74, 6) is -0.992. The maximum Gasteiger partial charge on any atom is 0.294 e. The Morgan fingerprint density at radius 3 is 2.45 bits per heavy atom. The summed E-state index contributed by atoms with van der Waals surface area (Å²) in [6, 6.07) is 12.2. The molecule has 0 heterocycles. The Kier molecular flexibility index (Phi) is 4.85. The molecule has 0 aliphatic heterocycles. The molecular formula is C15H11ClN2O4. The van der Waals surface area contributed by atoms with E-state index in [1.165, 1.54) is 12.1 Å². The van der Waals surface area contributed by atoms with Crippen molar-refractivity contribution in [2.24, 2.45) is 0 Å². The van der Waals surface area contributed by atoms with Crippen LogP contribution >= 0.6 is 11.6 Å². The number of anilines is 1. The van der Waals surface area contributed by atoms with Crippen molar-refractivity contribution in [2.45, 2.75) is 6.42 Å². The fourth-order valence-electron chi connectivity index (χ4n) is 1.83. The molecule has 0 saturated heterocycles. The third-order valence-corrected chi connectivity index (χ3v) is 3.08. The molecule has 22 heavy (non-hydrogen) atoms. The zero-order chi connectivity index (χ0) is 16.1. The van der Waals surface area contributed by atoms with Crippen LogP contribution in [0.4, 0.5) is 11.4 Å². The summed E-state index contributed by atoms with van der Waals surface area (Å²) < 4.78 is 0. The second kappa shape index (κ2) is 6.82. The van der Waals surface area contributed by atoms with Gasteiger partial charge in [0.05, 0.1) is 11.3 Å². The van der Waals surface area contributed by atoms with Gasteiger partial charge in [-0.25, -0.2) is 0 Å². The Bertz CT molecular complexity index is 732. The number of amides is 1. The van der Waals surface area contributed by atoms with Crippen LogP contribution in [-0.4, -0.2) is 16.6 Å². The number of hydrogen-bond acceptors (Lipinski definition) is 4. The molecular weight excluding hydrogens is 308 g/mol. The maximum absolute atomic E-state index is 11.9. The van der Waals surface area contributed by atoms with Gasteiger partial charge in [0.15, 0.2) is 5.78 Å². The second-order valence-corrected chi connectivity index (χ2v) is 4.87. The number of nitro benzene ring substituents is 1. The summed E-state index contributed by atoms with van der Waals surface area (Å²) in [4.78, 5) is 34.0. The number of nitro groups is 1. The third-order valence-electron chi connectivity index (χ3n) is 2.85. The summed E-state index contributed by atoms with van der Waals surface area (Å²) in [5.41, 5.74) is 0.0801. The molecule has 0 saturated carbocycles. The first-order valence-corrected chi connectivity index (χ1v) is 6.67. The van der Waals surface area contributed by atoms with E-state index < -0.39 is 17.3 Å². The van der Waals surface area contributed by atoms with E-state index in [2.05, 4.69) is 5.32 Å². The molecule has 0 fully saturated rings. The van der Waals surface area contributed by atoms with E-state index in [1.807, 2.05) is 0 Å². The van der Waals surface area contributed by atoms with Crippen molar-refractivity contribution in [3.05, 3.63) is 69.2 Å². The summed E-state index contributed by atoms with van der Waals surface area (Å²) >= 11 is 5.69. The van der Waals surface area contributed by atoms with E-state index in [4.69, 9.17) is 11.6 Å². The number of ketones is 1. The lowest BCUT2D eigenvalue weighted by atomic mass is 10.1. The van der Waals surface area contributed by atoms with Crippen LogP contribution in [0.5, 0.6) is 0 Å². The van der Waals surface area contributed by atoms with Crippen LogP contribution in [0.3, 0.4) is 0 Å². The average molecular weight is 319 g/mol. The molecule has 112 valence electrons. The molecule has 0 unspecified atom stereocenters. The van der Waals surface area contributed by atoms with Gasteiger partial charge in [0.25, 0.3) is 5.69 Å². The second-order valence-electron chi connectivity index (χ2n) is 4.43. The first-order chi connectivity index (χ1) is 10.5. The van der Waals surface area contributed by atoms with E-state index in [-0.39, 0.29) is 22.2 Å². The molecule has 0 aliphatic rings. The molecule has 6 nitrogen and oxygen atoms in total. The van der Waals surface area contributed by atoms with Crippen LogP contribution in [0.15, 0.2) is 48.5 Å². The number of hydrogen-bond donors (Lipinski definition) is 1. The molecule has 0 aromatic heterocycles. The lowest BCUT2D eigenvalue weighted by molar-refractivity contribution is -0.383. The summed E-state index contributed by atoms with van der Waals surface area (Å²) in [7, 11) is 0. The number of Topliss-reactive ketones (excluding diaryl/α,β-unsaturated/α-hetero) is 1. The van der Waals surface area contributed by atoms with Gasteiger partial charge in [-0.15, -0.1) is 0 Å². The van der Waals surface area contributed by atoms with Crippen molar-refractivity contribution in [2.75, 3.05) is 5.32 Å². The zero-order valence-corrected chi connectivity index (χ0v) is 12.0. The molecule has 0 radical (unpaired) electrons. The highest BCUT2D eigenvalue weighted by molar-refractivity contribution is 6.31. The topological polar surface area (TPSA) is 89.3 Å². The molecule has 0 bridgehead atoms. The van der Waals surface area contributed by atoms with Gasteiger partial charge < -0.3 is 5.32 Å². The summed E-state index contributed by atoms with van der Waals surface area (Å²) in [6.07, 6.45) is -0.399. The van der Waals surface area contributed by atoms with Crippen molar-refractivity contribution in [1.29, 1.82) is 0 Å². The van der Waals surface area contributed by atoms with Crippen LogP contribution in [0, 0.1) is 10.1 Å². The Morgan fingerprint density at radius 1 is 1.14 bits per heavy atom. The van der Waals surface area contributed by atoms with E-state index >= 15 is 0 Å². The fourth-order valence-corrected chi connectivity index (χ4v) is 1.99. The van der Waals surface area contributed by atoms with Gasteiger partial charge >= 0.3 is 0 Å². The van der Waals surface area contributed by atoms with Crippen LogP contribution in [0.2, 0.25) is 5.02 Å². The highest BCUT2D eigenvalue weighted by Crippen LogP contribution is 2.27. The maximum atomic E-state index is 11.9. The van der Waals surface area contributed by atoms with Gasteiger partial charge in [-0.05, 0) is 12.1 Å². The minimum atomic E-state index is -0.652. The first-order valence-electron chi connectivity index (χ1n) is 6.29.